The summed E-state index contributed by atoms with van der Waals surface area (Å²) in [6.07, 6.45) is 4.53. The molecule has 1 fully saturated rings. The molecule has 2 rings (SSSR count). The maximum absolute atomic E-state index is 5.61. The zero-order valence-corrected chi connectivity index (χ0v) is 11.0. The first kappa shape index (κ1) is 12.7. The van der Waals surface area contributed by atoms with Crippen molar-refractivity contribution in [1.29, 1.82) is 0 Å². The van der Waals surface area contributed by atoms with E-state index in [1.165, 1.54) is 31.5 Å². The number of hydrogen-bond donors (Lipinski definition) is 1. The summed E-state index contributed by atoms with van der Waals surface area (Å²) >= 11 is 0. The van der Waals surface area contributed by atoms with Gasteiger partial charge in [0.15, 0.2) is 0 Å². The number of nitrogens with one attached hydrogen (secondary N) is 1. The minimum atomic E-state index is 0.895. The Morgan fingerprint density at radius 1 is 1.47 bits per heavy atom. The summed E-state index contributed by atoms with van der Waals surface area (Å²) in [5.74, 6) is 2.00. The molecule has 0 saturated carbocycles. The van der Waals surface area contributed by atoms with E-state index < -0.39 is 0 Å². The molecule has 0 aliphatic carbocycles. The van der Waals surface area contributed by atoms with Gasteiger partial charge in [0.1, 0.15) is 5.76 Å². The van der Waals surface area contributed by atoms with Gasteiger partial charge >= 0.3 is 0 Å². The van der Waals surface area contributed by atoms with Crippen LogP contribution in [0.4, 0.5) is 0 Å². The summed E-state index contributed by atoms with van der Waals surface area (Å²) in [4.78, 5) is 2.50. The van der Waals surface area contributed by atoms with Crippen molar-refractivity contribution in [2.24, 2.45) is 5.92 Å². The average Bonchev–Trinajstić information content (AvgIpc) is 2.96. The predicted molar refractivity (Wildman–Crippen MR) is 69.8 cm³/mol. The summed E-state index contributed by atoms with van der Waals surface area (Å²) in [5, 5.41) is 3.31. The molecule has 1 N–H and O–H groups in total. The Labute approximate surface area is 104 Å². The van der Waals surface area contributed by atoms with Gasteiger partial charge in [-0.05, 0) is 31.5 Å². The number of rotatable bonds is 6. The van der Waals surface area contributed by atoms with Crippen LogP contribution in [0.2, 0.25) is 0 Å². The summed E-state index contributed by atoms with van der Waals surface area (Å²) in [6, 6.07) is 2.18. The third-order valence-corrected chi connectivity index (χ3v) is 3.61. The van der Waals surface area contributed by atoms with E-state index in [0.29, 0.717) is 0 Å². The first-order valence-corrected chi connectivity index (χ1v) is 6.81. The highest BCUT2D eigenvalue weighted by Gasteiger charge is 2.21. The minimum absolute atomic E-state index is 0.895. The molecule has 1 aromatic rings. The van der Waals surface area contributed by atoms with Gasteiger partial charge < -0.3 is 9.73 Å². The highest BCUT2D eigenvalue weighted by atomic mass is 16.3. The van der Waals surface area contributed by atoms with Crippen molar-refractivity contribution >= 4 is 0 Å². The molecular formula is C14H24N2O. The lowest BCUT2D eigenvalue weighted by Crippen LogP contribution is -2.19. The quantitative estimate of drug-likeness (QED) is 0.823. The van der Waals surface area contributed by atoms with Gasteiger partial charge in [0.05, 0.1) is 12.8 Å². The molecule has 3 nitrogen and oxygen atoms in total. The van der Waals surface area contributed by atoms with E-state index in [0.717, 1.165) is 31.3 Å². The van der Waals surface area contributed by atoms with Crippen molar-refractivity contribution in [2.75, 3.05) is 19.6 Å². The fourth-order valence-corrected chi connectivity index (χ4v) is 2.48. The van der Waals surface area contributed by atoms with Crippen LogP contribution in [0, 0.1) is 5.92 Å². The normalized spacial score (nSPS) is 21.2. The Morgan fingerprint density at radius 2 is 2.35 bits per heavy atom. The molecule has 1 aliphatic rings. The Kier molecular flexibility index (Phi) is 4.63. The highest BCUT2D eigenvalue weighted by Crippen LogP contribution is 2.21. The van der Waals surface area contributed by atoms with Crippen LogP contribution in [0.5, 0.6) is 0 Å². The van der Waals surface area contributed by atoms with Crippen LogP contribution in [-0.4, -0.2) is 24.5 Å². The number of furan rings is 1. The largest absolute Gasteiger partial charge is 0.468 e. The van der Waals surface area contributed by atoms with Crippen molar-refractivity contribution in [3.05, 3.63) is 23.7 Å². The minimum Gasteiger partial charge on any atom is -0.468 e. The highest BCUT2D eigenvalue weighted by molar-refractivity contribution is 5.12. The Bertz CT molecular complexity index is 335. The van der Waals surface area contributed by atoms with Crippen molar-refractivity contribution in [3.63, 3.8) is 0 Å². The monoisotopic (exact) mass is 236 g/mol. The lowest BCUT2D eigenvalue weighted by atomic mass is 10.1. The SMILES string of the molecule is CCNCc1coc(CN2CCC(CC)C2)c1. The summed E-state index contributed by atoms with van der Waals surface area (Å²) < 4.78 is 5.61. The van der Waals surface area contributed by atoms with Crippen LogP contribution in [0.1, 0.15) is 38.0 Å². The van der Waals surface area contributed by atoms with Gasteiger partial charge in [-0.25, -0.2) is 0 Å². The molecule has 3 heteroatoms. The van der Waals surface area contributed by atoms with E-state index in [1.54, 1.807) is 0 Å². The second-order valence-corrected chi connectivity index (χ2v) is 5.00. The molecule has 17 heavy (non-hydrogen) atoms. The smallest absolute Gasteiger partial charge is 0.118 e. The van der Waals surface area contributed by atoms with E-state index in [4.69, 9.17) is 4.42 Å². The van der Waals surface area contributed by atoms with Crippen molar-refractivity contribution in [3.8, 4) is 0 Å². The van der Waals surface area contributed by atoms with E-state index in [1.807, 2.05) is 6.26 Å². The fraction of sp³-hybridized carbons (Fsp3) is 0.714. The van der Waals surface area contributed by atoms with Gasteiger partial charge in [-0.3, -0.25) is 4.90 Å². The summed E-state index contributed by atoms with van der Waals surface area (Å²) in [7, 11) is 0. The summed E-state index contributed by atoms with van der Waals surface area (Å²) in [5.41, 5.74) is 1.26. The first-order chi connectivity index (χ1) is 8.31. The average molecular weight is 236 g/mol. The Hall–Kier alpha value is -0.800. The Morgan fingerprint density at radius 3 is 3.06 bits per heavy atom. The van der Waals surface area contributed by atoms with E-state index in [2.05, 4.69) is 30.1 Å². The molecule has 1 aromatic heterocycles. The molecule has 96 valence electrons. The van der Waals surface area contributed by atoms with Crippen LogP contribution in [-0.2, 0) is 13.1 Å². The molecule has 1 aliphatic heterocycles. The topological polar surface area (TPSA) is 28.4 Å². The lowest BCUT2D eigenvalue weighted by Gasteiger charge is -2.13. The third kappa shape index (κ3) is 3.58. The van der Waals surface area contributed by atoms with Crippen LogP contribution in [0.3, 0.4) is 0 Å². The first-order valence-electron chi connectivity index (χ1n) is 6.81. The fourth-order valence-electron chi connectivity index (χ4n) is 2.48. The van der Waals surface area contributed by atoms with Crippen LogP contribution >= 0.6 is 0 Å². The van der Waals surface area contributed by atoms with Crippen molar-refractivity contribution < 1.29 is 4.42 Å². The maximum Gasteiger partial charge on any atom is 0.118 e. The van der Waals surface area contributed by atoms with Gasteiger partial charge in [0.25, 0.3) is 0 Å². The molecule has 1 saturated heterocycles. The zero-order chi connectivity index (χ0) is 12.1. The van der Waals surface area contributed by atoms with Crippen LogP contribution < -0.4 is 5.32 Å². The molecule has 0 amide bonds. The second-order valence-electron chi connectivity index (χ2n) is 5.00. The van der Waals surface area contributed by atoms with E-state index in [-0.39, 0.29) is 0 Å². The molecule has 0 bridgehead atoms. The van der Waals surface area contributed by atoms with Gasteiger partial charge in [-0.15, -0.1) is 0 Å². The molecule has 0 radical (unpaired) electrons. The number of nitrogens with zero attached hydrogens (tertiary/aromatic N) is 1. The maximum atomic E-state index is 5.61. The summed E-state index contributed by atoms with van der Waals surface area (Å²) in [6.45, 7) is 9.76. The van der Waals surface area contributed by atoms with E-state index in [9.17, 15) is 0 Å². The van der Waals surface area contributed by atoms with Gasteiger partial charge in [0, 0.05) is 18.7 Å². The second kappa shape index (κ2) is 6.22. The predicted octanol–water partition coefficient (Wildman–Crippen LogP) is 2.62. The lowest BCUT2D eigenvalue weighted by molar-refractivity contribution is 0.285. The van der Waals surface area contributed by atoms with Crippen LogP contribution in [0.15, 0.2) is 16.7 Å². The Balaban J connectivity index is 1.80. The molecule has 2 heterocycles. The number of likely N-dealkylation sites (tertiary alicyclic amines) is 1. The standard InChI is InChI=1S/C14H24N2O/c1-3-12-5-6-16(9-12)10-14-7-13(11-17-14)8-15-4-2/h7,11-12,15H,3-6,8-10H2,1-2H3. The van der Waals surface area contributed by atoms with Crippen LogP contribution in [0.25, 0.3) is 0 Å². The van der Waals surface area contributed by atoms with Gasteiger partial charge in [0.2, 0.25) is 0 Å². The third-order valence-electron chi connectivity index (χ3n) is 3.61. The zero-order valence-electron chi connectivity index (χ0n) is 11.0. The van der Waals surface area contributed by atoms with Crippen molar-refractivity contribution in [1.82, 2.24) is 10.2 Å². The molecule has 0 aromatic carbocycles. The van der Waals surface area contributed by atoms with Crippen molar-refractivity contribution in [2.45, 2.75) is 39.8 Å². The molecule has 1 atom stereocenters. The molecule has 0 spiro atoms. The van der Waals surface area contributed by atoms with E-state index >= 15 is 0 Å². The molecular weight excluding hydrogens is 212 g/mol. The van der Waals surface area contributed by atoms with Gasteiger partial charge in [-0.1, -0.05) is 20.3 Å². The van der Waals surface area contributed by atoms with Gasteiger partial charge in [-0.2, -0.15) is 0 Å². The number of hydrogen-bond acceptors (Lipinski definition) is 3. The molecule has 1 unspecified atom stereocenters.